The predicted molar refractivity (Wildman–Crippen MR) is 146 cm³/mol. The van der Waals surface area contributed by atoms with E-state index in [1.165, 1.54) is 35.6 Å². The number of nitrogens with zero attached hydrogens (tertiary/aromatic N) is 3. The van der Waals surface area contributed by atoms with Gasteiger partial charge in [-0.05, 0) is 86.5 Å². The van der Waals surface area contributed by atoms with Crippen LogP contribution in [0.4, 0.5) is 8.78 Å². The minimum absolute atomic E-state index is 0. The second kappa shape index (κ2) is 11.1. The highest BCUT2D eigenvalue weighted by Gasteiger charge is 2.26. The lowest BCUT2D eigenvalue weighted by molar-refractivity contribution is 0.0881. The SMILES string of the molecule is C.Cc1cnc(C(=O)N[C@@H](C)[C@H](Oc2ccc3c(cnn3-c3ccc(F)cc3)c2)c2ccc(F)cc2C)s1. The number of carbonyl (C=O) groups excluding carboxylic acids is 1. The van der Waals surface area contributed by atoms with Crippen molar-refractivity contribution in [2.45, 2.75) is 40.3 Å². The van der Waals surface area contributed by atoms with Crippen LogP contribution in [0.15, 0.2) is 73.1 Å². The van der Waals surface area contributed by atoms with Crippen molar-refractivity contribution in [2.75, 3.05) is 0 Å². The van der Waals surface area contributed by atoms with E-state index < -0.39 is 12.1 Å². The molecule has 0 fully saturated rings. The summed E-state index contributed by atoms with van der Waals surface area (Å²) in [6.07, 6.45) is 2.76. The molecule has 3 aromatic carbocycles. The van der Waals surface area contributed by atoms with Gasteiger partial charge in [0, 0.05) is 16.5 Å². The van der Waals surface area contributed by atoms with Crippen LogP contribution in [0.25, 0.3) is 16.6 Å². The first-order valence-corrected chi connectivity index (χ1v) is 12.5. The number of hydrogen-bond donors (Lipinski definition) is 1. The summed E-state index contributed by atoms with van der Waals surface area (Å²) in [4.78, 5) is 17.9. The molecule has 2 aromatic heterocycles. The van der Waals surface area contributed by atoms with Gasteiger partial charge in [-0.3, -0.25) is 4.79 Å². The molecule has 38 heavy (non-hydrogen) atoms. The number of rotatable bonds is 7. The molecule has 1 amide bonds. The van der Waals surface area contributed by atoms with Crippen molar-refractivity contribution in [2.24, 2.45) is 0 Å². The topological polar surface area (TPSA) is 69.0 Å². The van der Waals surface area contributed by atoms with Gasteiger partial charge in [0.1, 0.15) is 23.5 Å². The Hall–Kier alpha value is -4.11. The molecule has 6 nitrogen and oxygen atoms in total. The highest BCUT2D eigenvalue weighted by molar-refractivity contribution is 7.13. The fourth-order valence-corrected chi connectivity index (χ4v) is 4.88. The molecule has 0 aliphatic carbocycles. The molecule has 0 saturated carbocycles. The fraction of sp³-hybridized carbons (Fsp3) is 0.207. The van der Waals surface area contributed by atoms with Crippen molar-refractivity contribution in [1.82, 2.24) is 20.1 Å². The largest absolute Gasteiger partial charge is 0.484 e. The maximum atomic E-state index is 13.9. The third-order valence-corrected chi connectivity index (χ3v) is 6.95. The van der Waals surface area contributed by atoms with Gasteiger partial charge in [0.15, 0.2) is 5.01 Å². The Kier molecular flexibility index (Phi) is 7.87. The molecule has 2 atom stereocenters. The summed E-state index contributed by atoms with van der Waals surface area (Å²) in [6, 6.07) is 15.7. The summed E-state index contributed by atoms with van der Waals surface area (Å²) in [7, 11) is 0. The summed E-state index contributed by atoms with van der Waals surface area (Å²) in [5, 5.41) is 8.62. The number of ether oxygens (including phenoxy) is 1. The van der Waals surface area contributed by atoms with Gasteiger partial charge < -0.3 is 10.1 Å². The molecule has 5 aromatic rings. The van der Waals surface area contributed by atoms with Crippen molar-refractivity contribution in [3.63, 3.8) is 0 Å². The molecular weight excluding hydrogens is 506 g/mol. The molecule has 2 heterocycles. The third-order valence-electron chi connectivity index (χ3n) is 6.04. The summed E-state index contributed by atoms with van der Waals surface area (Å²) < 4.78 is 35.4. The van der Waals surface area contributed by atoms with Crippen molar-refractivity contribution in [1.29, 1.82) is 0 Å². The number of benzene rings is 3. The van der Waals surface area contributed by atoms with Crippen LogP contribution in [0.1, 0.15) is 46.3 Å². The quantitative estimate of drug-likeness (QED) is 0.245. The Bertz CT molecular complexity index is 1580. The van der Waals surface area contributed by atoms with E-state index in [1.54, 1.807) is 35.3 Å². The van der Waals surface area contributed by atoms with Gasteiger partial charge in [-0.1, -0.05) is 13.5 Å². The van der Waals surface area contributed by atoms with E-state index in [9.17, 15) is 13.6 Å². The van der Waals surface area contributed by atoms with E-state index in [0.29, 0.717) is 16.3 Å². The molecule has 0 bridgehead atoms. The first-order chi connectivity index (χ1) is 17.8. The second-order valence-corrected chi connectivity index (χ2v) is 10.1. The van der Waals surface area contributed by atoms with E-state index in [1.807, 2.05) is 39.0 Å². The molecule has 0 unspecified atom stereocenters. The smallest absolute Gasteiger partial charge is 0.280 e. The average molecular weight is 535 g/mol. The Balaban J connectivity index is 0.00000336. The van der Waals surface area contributed by atoms with E-state index in [-0.39, 0.29) is 25.0 Å². The lowest BCUT2D eigenvalue weighted by Gasteiger charge is -2.27. The zero-order chi connectivity index (χ0) is 26.1. The number of aromatic nitrogens is 3. The number of aryl methyl sites for hydroxylation is 2. The van der Waals surface area contributed by atoms with Crippen molar-refractivity contribution in [3.8, 4) is 11.4 Å². The summed E-state index contributed by atoms with van der Waals surface area (Å²) in [5.41, 5.74) is 3.03. The Morgan fingerprint density at radius 1 is 1.00 bits per heavy atom. The number of amides is 1. The van der Waals surface area contributed by atoms with E-state index in [4.69, 9.17) is 4.74 Å². The molecule has 196 valence electrons. The van der Waals surface area contributed by atoms with Crippen LogP contribution in [0.3, 0.4) is 0 Å². The predicted octanol–water partition coefficient (Wildman–Crippen LogP) is 6.95. The molecule has 0 saturated heterocycles. The highest BCUT2D eigenvalue weighted by Crippen LogP contribution is 2.31. The average Bonchev–Trinajstić information content (AvgIpc) is 3.49. The number of carbonyl (C=O) groups is 1. The fourth-order valence-electron chi connectivity index (χ4n) is 4.22. The summed E-state index contributed by atoms with van der Waals surface area (Å²) in [6.45, 7) is 5.54. The highest BCUT2D eigenvalue weighted by atomic mass is 32.1. The Labute approximate surface area is 223 Å². The first kappa shape index (κ1) is 26.9. The van der Waals surface area contributed by atoms with Gasteiger partial charge in [0.25, 0.3) is 5.91 Å². The molecular formula is C29H28F2N4O2S. The maximum Gasteiger partial charge on any atom is 0.280 e. The molecule has 0 aliphatic rings. The van der Waals surface area contributed by atoms with Crippen LogP contribution in [-0.2, 0) is 0 Å². The lowest BCUT2D eigenvalue weighted by atomic mass is 9.98. The number of thiazole rings is 1. The van der Waals surface area contributed by atoms with Crippen LogP contribution in [0.2, 0.25) is 0 Å². The first-order valence-electron chi connectivity index (χ1n) is 11.7. The molecule has 0 spiro atoms. The summed E-state index contributed by atoms with van der Waals surface area (Å²) in [5.74, 6) is -0.394. The standard InChI is InChI=1S/C28H24F2N4O2S.CH4/c1-16-12-21(30)6-10-24(16)26(18(3)33-27(35)28-31-14-17(2)37-28)36-23-9-11-25-19(13-23)15-32-34(25)22-7-4-20(29)5-8-22;/h4-15,18,26H,1-3H3,(H,33,35);1H4/t18-,26-;/m0./s1. The minimum Gasteiger partial charge on any atom is -0.484 e. The number of fused-ring (bicyclic) bond motifs is 1. The van der Waals surface area contributed by atoms with Gasteiger partial charge in [0.2, 0.25) is 0 Å². The van der Waals surface area contributed by atoms with Gasteiger partial charge in [-0.2, -0.15) is 5.10 Å². The number of halogens is 2. The normalized spacial score (nSPS) is 12.6. The van der Waals surface area contributed by atoms with Crippen LogP contribution in [0.5, 0.6) is 5.75 Å². The molecule has 0 radical (unpaired) electrons. The molecule has 9 heteroatoms. The van der Waals surface area contributed by atoms with E-state index >= 15 is 0 Å². The van der Waals surface area contributed by atoms with E-state index in [2.05, 4.69) is 15.4 Å². The van der Waals surface area contributed by atoms with Crippen molar-refractivity contribution >= 4 is 28.1 Å². The monoisotopic (exact) mass is 534 g/mol. The van der Waals surface area contributed by atoms with Gasteiger partial charge in [-0.15, -0.1) is 11.3 Å². The second-order valence-electron chi connectivity index (χ2n) is 8.83. The van der Waals surface area contributed by atoms with Crippen LogP contribution < -0.4 is 10.1 Å². The van der Waals surface area contributed by atoms with Crippen LogP contribution >= 0.6 is 11.3 Å². The molecule has 1 N–H and O–H groups in total. The Morgan fingerprint density at radius 3 is 2.42 bits per heavy atom. The van der Waals surface area contributed by atoms with Gasteiger partial charge in [-0.25, -0.2) is 18.4 Å². The van der Waals surface area contributed by atoms with Gasteiger partial charge in [0.05, 0.1) is 23.4 Å². The maximum absolute atomic E-state index is 13.9. The van der Waals surface area contributed by atoms with Gasteiger partial charge >= 0.3 is 0 Å². The lowest BCUT2D eigenvalue weighted by Crippen LogP contribution is -2.39. The van der Waals surface area contributed by atoms with Crippen LogP contribution in [-0.4, -0.2) is 26.7 Å². The van der Waals surface area contributed by atoms with Crippen molar-refractivity contribution < 1.29 is 18.3 Å². The van der Waals surface area contributed by atoms with Crippen LogP contribution in [0, 0.1) is 25.5 Å². The Morgan fingerprint density at radius 2 is 1.74 bits per heavy atom. The van der Waals surface area contributed by atoms with E-state index in [0.717, 1.165) is 27.0 Å². The number of nitrogens with one attached hydrogen (secondary N) is 1. The molecule has 0 aliphatic heterocycles. The zero-order valence-corrected chi connectivity index (χ0v) is 21.2. The van der Waals surface area contributed by atoms with Crippen molar-refractivity contribution in [3.05, 3.63) is 106 Å². The molecule has 5 rings (SSSR count). The minimum atomic E-state index is -0.602. The third kappa shape index (κ3) is 5.57. The number of hydrogen-bond acceptors (Lipinski definition) is 5. The zero-order valence-electron chi connectivity index (χ0n) is 20.4. The summed E-state index contributed by atoms with van der Waals surface area (Å²) >= 11 is 1.31.